The van der Waals surface area contributed by atoms with E-state index in [9.17, 15) is 0 Å². The van der Waals surface area contributed by atoms with Gasteiger partial charge in [-0.15, -0.1) is 0 Å². The van der Waals surface area contributed by atoms with Crippen molar-refractivity contribution in [1.82, 2.24) is 4.90 Å². The van der Waals surface area contributed by atoms with Crippen LogP contribution in [0.3, 0.4) is 0 Å². The summed E-state index contributed by atoms with van der Waals surface area (Å²) in [6, 6.07) is 0.428. The summed E-state index contributed by atoms with van der Waals surface area (Å²) in [6.45, 7) is 2.43. The monoisotopic (exact) mass is 290 g/mol. The number of likely N-dealkylation sites (N-methyl/N-ethyl adjacent to an activating group) is 1. The number of nitrogens with zero attached hydrogens (tertiary/aromatic N) is 1. The van der Waals surface area contributed by atoms with Crippen LogP contribution in [-0.4, -0.2) is 31.1 Å². The van der Waals surface area contributed by atoms with E-state index in [2.05, 4.69) is 11.9 Å². The number of hydrogen-bond donors (Lipinski definition) is 1. The largest absolute Gasteiger partial charge is 0.326 e. The van der Waals surface area contributed by atoms with E-state index in [0.29, 0.717) is 11.5 Å². The molecule has 0 aliphatic heterocycles. The smallest absolute Gasteiger partial charge is 0.0225 e. The van der Waals surface area contributed by atoms with E-state index in [4.69, 9.17) is 5.73 Å². The molecule has 0 aromatic heterocycles. The molecular weight excluding hydrogens is 256 g/mol. The van der Waals surface area contributed by atoms with Gasteiger partial charge in [0, 0.05) is 19.1 Å². The van der Waals surface area contributed by atoms with Crippen LogP contribution in [-0.2, 0) is 0 Å². The van der Waals surface area contributed by atoms with Gasteiger partial charge in [0.25, 0.3) is 0 Å². The zero-order chi connectivity index (χ0) is 14.4. The van der Waals surface area contributed by atoms with E-state index in [0.717, 1.165) is 30.2 Å². The van der Waals surface area contributed by atoms with Crippen LogP contribution in [0.4, 0.5) is 0 Å². The van der Waals surface area contributed by atoms with Crippen LogP contribution in [0.25, 0.3) is 0 Å². The zero-order valence-corrected chi connectivity index (χ0v) is 13.9. The van der Waals surface area contributed by atoms with Gasteiger partial charge in [0.1, 0.15) is 0 Å². The second-order valence-corrected chi connectivity index (χ2v) is 9.26. The van der Waals surface area contributed by atoms with Gasteiger partial charge in [0.05, 0.1) is 0 Å². The summed E-state index contributed by atoms with van der Waals surface area (Å²) in [7, 11) is 2.32. The first kappa shape index (κ1) is 14.5. The fourth-order valence-electron chi connectivity index (χ4n) is 6.87. The van der Waals surface area contributed by atoms with E-state index in [1.165, 1.54) is 70.8 Å². The Labute approximate surface area is 130 Å². The van der Waals surface area contributed by atoms with E-state index >= 15 is 0 Å². The maximum atomic E-state index is 6.81. The van der Waals surface area contributed by atoms with Crippen molar-refractivity contribution >= 4 is 0 Å². The lowest BCUT2D eigenvalue weighted by Crippen LogP contribution is -2.57. The summed E-state index contributed by atoms with van der Waals surface area (Å²) < 4.78 is 0. The van der Waals surface area contributed by atoms with Gasteiger partial charge < -0.3 is 10.6 Å². The average Bonchev–Trinajstić information content (AvgIpc) is 2.89. The summed E-state index contributed by atoms with van der Waals surface area (Å²) >= 11 is 0. The molecule has 5 aliphatic carbocycles. The summed E-state index contributed by atoms with van der Waals surface area (Å²) in [4.78, 5) is 2.57. The Bertz CT molecular complexity index is 336. The predicted molar refractivity (Wildman–Crippen MR) is 88.0 cm³/mol. The molecule has 5 aliphatic rings. The molecule has 0 aromatic carbocycles. The first-order chi connectivity index (χ1) is 10.1. The minimum Gasteiger partial charge on any atom is -0.326 e. The molecule has 2 N–H and O–H groups in total. The fraction of sp³-hybridized carbons (Fsp3) is 1.00. The molecule has 2 nitrogen and oxygen atoms in total. The lowest BCUT2D eigenvalue weighted by Gasteiger charge is -2.59. The van der Waals surface area contributed by atoms with Gasteiger partial charge in [-0.25, -0.2) is 0 Å². The Kier molecular flexibility index (Phi) is 3.82. The molecule has 2 heteroatoms. The molecule has 0 heterocycles. The highest BCUT2D eigenvalue weighted by atomic mass is 15.1. The molecule has 5 saturated carbocycles. The van der Waals surface area contributed by atoms with Crippen molar-refractivity contribution in [3.63, 3.8) is 0 Å². The Hall–Kier alpha value is -0.0800. The highest BCUT2D eigenvalue weighted by molar-refractivity contribution is 5.05. The molecule has 1 unspecified atom stereocenters. The minimum atomic E-state index is 0.428. The lowest BCUT2D eigenvalue weighted by molar-refractivity contribution is -0.0709. The normalized spacial score (nSPS) is 43.9. The molecule has 0 saturated heterocycles. The lowest BCUT2D eigenvalue weighted by atomic mass is 9.48. The third kappa shape index (κ3) is 2.79. The summed E-state index contributed by atoms with van der Waals surface area (Å²) in [5.41, 5.74) is 7.33. The summed E-state index contributed by atoms with van der Waals surface area (Å²) in [5, 5.41) is 0. The Morgan fingerprint density at radius 2 is 1.52 bits per heavy atom. The average molecular weight is 290 g/mol. The third-order valence-corrected chi connectivity index (χ3v) is 7.43. The van der Waals surface area contributed by atoms with Gasteiger partial charge in [-0.05, 0) is 87.5 Å². The SMILES string of the molecule is CN(CC1CCCC1)CC(N)C12CC3CC(CC(C3)C1)C2. The van der Waals surface area contributed by atoms with Crippen LogP contribution in [0.2, 0.25) is 0 Å². The minimum absolute atomic E-state index is 0.428. The van der Waals surface area contributed by atoms with Crippen molar-refractivity contribution in [3.8, 4) is 0 Å². The van der Waals surface area contributed by atoms with Crippen LogP contribution in [0.1, 0.15) is 64.2 Å². The van der Waals surface area contributed by atoms with Crippen molar-refractivity contribution in [2.45, 2.75) is 70.3 Å². The van der Waals surface area contributed by atoms with Crippen LogP contribution >= 0.6 is 0 Å². The Balaban J connectivity index is 1.36. The molecule has 5 rings (SSSR count). The highest BCUT2D eigenvalue weighted by Crippen LogP contribution is 2.61. The number of hydrogen-bond acceptors (Lipinski definition) is 2. The Morgan fingerprint density at radius 1 is 1.00 bits per heavy atom. The Morgan fingerprint density at radius 3 is 2.05 bits per heavy atom. The van der Waals surface area contributed by atoms with Gasteiger partial charge in [-0.2, -0.15) is 0 Å². The van der Waals surface area contributed by atoms with Gasteiger partial charge in [-0.1, -0.05) is 12.8 Å². The van der Waals surface area contributed by atoms with E-state index in [1.54, 1.807) is 0 Å². The molecule has 0 radical (unpaired) electrons. The van der Waals surface area contributed by atoms with E-state index < -0.39 is 0 Å². The number of rotatable bonds is 5. The second kappa shape index (κ2) is 5.53. The first-order valence-corrected chi connectivity index (χ1v) is 9.57. The molecule has 0 aromatic rings. The molecule has 0 amide bonds. The van der Waals surface area contributed by atoms with Crippen molar-refractivity contribution in [1.29, 1.82) is 0 Å². The molecule has 4 bridgehead atoms. The highest BCUT2D eigenvalue weighted by Gasteiger charge is 2.53. The fourth-order valence-corrected chi connectivity index (χ4v) is 6.87. The molecule has 120 valence electrons. The van der Waals surface area contributed by atoms with Crippen LogP contribution in [0, 0.1) is 29.1 Å². The van der Waals surface area contributed by atoms with E-state index in [1.807, 2.05) is 0 Å². The van der Waals surface area contributed by atoms with Crippen LogP contribution < -0.4 is 5.73 Å². The van der Waals surface area contributed by atoms with Crippen LogP contribution in [0.15, 0.2) is 0 Å². The standard InChI is InChI=1S/C19H34N2/c1-21(12-14-4-2-3-5-14)13-18(20)19-9-15-6-16(10-19)8-17(7-15)11-19/h14-18H,2-13,20H2,1H3. The number of nitrogens with two attached hydrogens (primary N) is 1. The predicted octanol–water partition coefficient (Wildman–Crippen LogP) is 3.65. The molecule has 21 heavy (non-hydrogen) atoms. The second-order valence-electron chi connectivity index (χ2n) is 9.26. The third-order valence-electron chi connectivity index (χ3n) is 7.43. The van der Waals surface area contributed by atoms with E-state index in [-0.39, 0.29) is 0 Å². The van der Waals surface area contributed by atoms with Crippen molar-refractivity contribution in [2.75, 3.05) is 20.1 Å². The first-order valence-electron chi connectivity index (χ1n) is 9.57. The summed E-state index contributed by atoms with van der Waals surface area (Å²) in [5.74, 6) is 4.05. The van der Waals surface area contributed by atoms with Gasteiger partial charge in [0.2, 0.25) is 0 Å². The van der Waals surface area contributed by atoms with Crippen molar-refractivity contribution in [3.05, 3.63) is 0 Å². The molecule has 0 spiro atoms. The quantitative estimate of drug-likeness (QED) is 0.837. The molecular formula is C19H34N2. The van der Waals surface area contributed by atoms with Crippen LogP contribution in [0.5, 0.6) is 0 Å². The van der Waals surface area contributed by atoms with Gasteiger partial charge in [0.15, 0.2) is 0 Å². The summed E-state index contributed by atoms with van der Waals surface area (Å²) in [6.07, 6.45) is 14.8. The maximum absolute atomic E-state index is 6.81. The molecule has 1 atom stereocenters. The van der Waals surface area contributed by atoms with Crippen molar-refractivity contribution in [2.24, 2.45) is 34.8 Å². The zero-order valence-electron chi connectivity index (χ0n) is 13.9. The van der Waals surface area contributed by atoms with Gasteiger partial charge in [-0.3, -0.25) is 0 Å². The van der Waals surface area contributed by atoms with Crippen molar-refractivity contribution < 1.29 is 0 Å². The topological polar surface area (TPSA) is 29.3 Å². The maximum Gasteiger partial charge on any atom is 0.0225 e. The molecule has 5 fully saturated rings. The van der Waals surface area contributed by atoms with Gasteiger partial charge >= 0.3 is 0 Å².